The number of allylic oxidation sites excluding steroid dienone is 2. The molecule has 0 aliphatic heterocycles. The Labute approximate surface area is 258 Å². The third-order valence-electron chi connectivity index (χ3n) is 10.6. The fourth-order valence-corrected chi connectivity index (χ4v) is 25.4. The molecule has 0 fully saturated rings. The van der Waals surface area contributed by atoms with E-state index in [2.05, 4.69) is 152 Å². The van der Waals surface area contributed by atoms with E-state index in [1.165, 1.54) is 66.1 Å². The Bertz CT molecular complexity index is 2210. The van der Waals surface area contributed by atoms with E-state index in [4.69, 9.17) is 0 Å². The molecule has 8 rings (SSSR count). The Morgan fingerprint density at radius 3 is 1.81 bits per heavy atom. The van der Waals surface area contributed by atoms with E-state index in [1.807, 2.05) is 0 Å². The van der Waals surface area contributed by atoms with Crippen LogP contribution in [-0.4, -0.2) is 6.88 Å². The van der Waals surface area contributed by atoms with E-state index in [0.29, 0.717) is 7.25 Å². The number of aryl methyl sites for hydroxylation is 2. The van der Waals surface area contributed by atoms with Crippen molar-refractivity contribution in [3.8, 4) is 22.3 Å². The van der Waals surface area contributed by atoms with Crippen molar-refractivity contribution in [2.75, 3.05) is 0 Å². The van der Waals surface area contributed by atoms with Gasteiger partial charge in [0, 0.05) is 0 Å². The molecule has 2 aliphatic carbocycles. The predicted octanol–water partition coefficient (Wildman–Crippen LogP) is 10.8. The number of benzene rings is 6. The summed E-state index contributed by atoms with van der Waals surface area (Å²) in [5.41, 5.74) is 16.0. The van der Waals surface area contributed by atoms with Crippen LogP contribution in [0.25, 0.3) is 49.4 Å². The Balaban J connectivity index is 1.36. The molecule has 0 spiro atoms. The van der Waals surface area contributed by atoms with E-state index in [-0.39, 0.29) is 0 Å². The molecule has 1 unspecified atom stereocenters. The number of hydrogen-bond acceptors (Lipinski definition) is 0. The van der Waals surface area contributed by atoms with E-state index >= 15 is 0 Å². The van der Waals surface area contributed by atoms with Crippen molar-refractivity contribution < 1.29 is 17.4 Å². The fraction of sp³-hybridized carbons (Fsp3) is 0.171. The molecule has 0 nitrogen and oxygen atoms in total. The Kier molecular flexibility index (Phi) is 5.92. The van der Waals surface area contributed by atoms with Crippen LogP contribution in [0.15, 0.2) is 115 Å². The summed E-state index contributed by atoms with van der Waals surface area (Å²) in [5.74, 6) is 0. The van der Waals surface area contributed by atoms with Gasteiger partial charge in [-0.25, -0.2) is 0 Å². The summed E-state index contributed by atoms with van der Waals surface area (Å²) in [4.78, 5) is 0. The summed E-state index contributed by atoms with van der Waals surface area (Å²) in [6.45, 7) is 9.32. The van der Waals surface area contributed by atoms with Gasteiger partial charge in [-0.1, -0.05) is 0 Å². The number of fused-ring (bicyclic) bond motifs is 7. The average Bonchev–Trinajstić information content (AvgIpc) is 3.52. The van der Waals surface area contributed by atoms with Crippen molar-refractivity contribution in [3.63, 3.8) is 0 Å². The Morgan fingerprint density at radius 2 is 1.14 bits per heavy atom. The molecule has 0 aromatic heterocycles. The zero-order chi connectivity index (χ0) is 29.7. The molecule has 0 bridgehead atoms. The molecule has 6 aromatic rings. The third-order valence-corrected chi connectivity index (χ3v) is 28.0. The fourth-order valence-electron chi connectivity index (χ4n) is 8.68. The summed E-state index contributed by atoms with van der Waals surface area (Å²) in [5, 5.41) is 5.31. The summed E-state index contributed by atoms with van der Waals surface area (Å²) in [6.07, 6.45) is 2.68. The van der Waals surface area contributed by atoms with Crippen LogP contribution in [0.4, 0.5) is 0 Å². The monoisotopic (exact) mass is 648 g/mol. The normalized spacial score (nSPS) is 16.3. The zero-order valence-electron chi connectivity index (χ0n) is 25.8. The molecule has 1 atom stereocenters. The van der Waals surface area contributed by atoms with Gasteiger partial charge in [-0.3, -0.25) is 0 Å². The zero-order valence-corrected chi connectivity index (χ0v) is 29.7. The maximum atomic E-state index is 2.75. The Hall–Kier alpha value is -3.32. The molecule has 2 aliphatic rings. The van der Waals surface area contributed by atoms with E-state index < -0.39 is 17.4 Å². The van der Waals surface area contributed by atoms with Crippen molar-refractivity contribution in [2.24, 2.45) is 0 Å². The molecular formula is C41H38SiZr. The van der Waals surface area contributed by atoms with Crippen LogP contribution in [0.1, 0.15) is 47.6 Å². The summed E-state index contributed by atoms with van der Waals surface area (Å²) < 4.78 is 6.46. The van der Waals surface area contributed by atoms with Crippen LogP contribution < -0.4 is 0 Å². The van der Waals surface area contributed by atoms with Gasteiger partial charge in [0.2, 0.25) is 0 Å². The summed E-state index contributed by atoms with van der Waals surface area (Å²) in [6, 6.07) is 41.8. The van der Waals surface area contributed by atoms with Crippen molar-refractivity contribution in [3.05, 3.63) is 149 Å². The van der Waals surface area contributed by atoms with Gasteiger partial charge in [-0.2, -0.15) is 0 Å². The standard InChI is InChI=1S/C24H17.C15H13.2CH3.H2Si.Zr/c1-16-13-14-17-8-6-12-22(24(16)17)23-15-18-7-2-3-9-19(18)20-10-4-5-11-21(20)23;1-10-3-5-14-12(7-10)9-13-8-11(2)4-6-15(13)14;;;;/h2-15H,1H3;3-9H,1-2H3;2*1H3;1H2;. The molecule has 0 saturated heterocycles. The quantitative estimate of drug-likeness (QED) is 0.132. The van der Waals surface area contributed by atoms with Crippen LogP contribution in [0.3, 0.4) is 0 Å². The molecule has 210 valence electrons. The molecule has 0 radical (unpaired) electrons. The molecule has 0 saturated carbocycles. The molecule has 6 aromatic carbocycles. The first-order valence-electron chi connectivity index (χ1n) is 15.6. The van der Waals surface area contributed by atoms with Crippen LogP contribution in [0.2, 0.25) is 9.26 Å². The first-order valence-corrected chi connectivity index (χ1v) is 29.3. The van der Waals surface area contributed by atoms with Gasteiger partial charge in [0.1, 0.15) is 0 Å². The van der Waals surface area contributed by atoms with Crippen molar-refractivity contribution in [1.29, 1.82) is 0 Å². The van der Waals surface area contributed by atoms with Gasteiger partial charge < -0.3 is 0 Å². The van der Waals surface area contributed by atoms with Crippen molar-refractivity contribution in [1.82, 2.24) is 0 Å². The second kappa shape index (κ2) is 9.34. The second-order valence-electron chi connectivity index (χ2n) is 14.3. The predicted molar refractivity (Wildman–Crippen MR) is 187 cm³/mol. The summed E-state index contributed by atoms with van der Waals surface area (Å²) >= 11 is -3.65. The van der Waals surface area contributed by atoms with Gasteiger partial charge in [-0.15, -0.1) is 0 Å². The van der Waals surface area contributed by atoms with Crippen LogP contribution in [-0.2, 0) is 17.4 Å². The van der Waals surface area contributed by atoms with Crippen LogP contribution in [0.5, 0.6) is 0 Å². The summed E-state index contributed by atoms with van der Waals surface area (Å²) in [7, 11) is 0. The molecular weight excluding hydrogens is 612 g/mol. The molecule has 0 N–H and O–H groups in total. The van der Waals surface area contributed by atoms with Crippen LogP contribution in [0, 0.1) is 13.8 Å². The minimum absolute atomic E-state index is 0.478. The molecule has 2 heteroatoms. The number of rotatable bonds is 3. The van der Waals surface area contributed by atoms with Gasteiger partial charge in [0.05, 0.1) is 0 Å². The van der Waals surface area contributed by atoms with Crippen LogP contribution >= 0.6 is 0 Å². The van der Waals surface area contributed by atoms with Gasteiger partial charge in [0.15, 0.2) is 0 Å². The van der Waals surface area contributed by atoms with Gasteiger partial charge >= 0.3 is 260 Å². The topological polar surface area (TPSA) is 0 Å². The SMILES string of the molecule is CC1=C[CH]([Zr]([CH3])([CH3])(=[SiH2])[CH]2c3cc(C)ccc3-c3ccc(C)cc32)c2cccc(-c3cc4ccccc4c4ccccc34)c21. The molecule has 0 amide bonds. The molecule has 0 heterocycles. The van der Waals surface area contributed by atoms with Crippen molar-refractivity contribution >= 4 is 34.0 Å². The third kappa shape index (κ3) is 3.96. The molecule has 43 heavy (non-hydrogen) atoms. The number of hydrogen-bond donors (Lipinski definition) is 0. The van der Waals surface area contributed by atoms with Crippen molar-refractivity contribution in [2.45, 2.75) is 37.3 Å². The van der Waals surface area contributed by atoms with Gasteiger partial charge in [-0.05, 0) is 0 Å². The minimum atomic E-state index is -3.65. The second-order valence-corrected chi connectivity index (χ2v) is 44.9. The Morgan fingerprint density at radius 1 is 0.535 bits per heavy atom. The average molecular weight is 650 g/mol. The first-order chi connectivity index (χ1) is 20.6. The first kappa shape index (κ1) is 27.2. The van der Waals surface area contributed by atoms with E-state index in [1.54, 1.807) is 16.7 Å². The van der Waals surface area contributed by atoms with Gasteiger partial charge in [0.25, 0.3) is 0 Å². The van der Waals surface area contributed by atoms with E-state index in [0.717, 1.165) is 0 Å². The maximum absolute atomic E-state index is 3.65. The van der Waals surface area contributed by atoms with E-state index in [9.17, 15) is 0 Å².